The molecule has 0 unspecified atom stereocenters. The molecule has 7 nitrogen and oxygen atoms in total. The Hall–Kier alpha value is -1.26. The van der Waals surface area contributed by atoms with E-state index in [0.717, 1.165) is 56.5 Å². The van der Waals surface area contributed by atoms with Gasteiger partial charge < -0.3 is 25.4 Å². The molecule has 1 fully saturated rings. The van der Waals surface area contributed by atoms with Crippen molar-refractivity contribution in [2.24, 2.45) is 10.7 Å². The van der Waals surface area contributed by atoms with Crippen LogP contribution in [-0.2, 0) is 0 Å². The summed E-state index contributed by atoms with van der Waals surface area (Å²) in [6, 6.07) is 5.67. The second kappa shape index (κ2) is 13.0. The molecule has 1 saturated heterocycles. The van der Waals surface area contributed by atoms with Crippen LogP contribution in [0.4, 0.5) is 5.69 Å². The van der Waals surface area contributed by atoms with E-state index in [1.165, 1.54) is 0 Å². The van der Waals surface area contributed by atoms with Crippen LogP contribution < -0.4 is 20.5 Å². The highest BCUT2D eigenvalue weighted by molar-refractivity contribution is 14.0. The number of nitrogens with zero attached hydrogens (tertiary/aromatic N) is 3. The van der Waals surface area contributed by atoms with E-state index < -0.39 is 0 Å². The van der Waals surface area contributed by atoms with E-state index in [1.807, 2.05) is 32.0 Å². The summed E-state index contributed by atoms with van der Waals surface area (Å²) in [5.41, 5.74) is 6.84. The number of rotatable bonds is 9. The molecular formula is C19H34IN5O2. The third kappa shape index (κ3) is 8.10. The summed E-state index contributed by atoms with van der Waals surface area (Å²) < 4.78 is 11.2. The molecule has 0 radical (unpaired) electrons. The van der Waals surface area contributed by atoms with Crippen LogP contribution in [0.25, 0.3) is 0 Å². The zero-order chi connectivity index (χ0) is 18.8. The zero-order valence-corrected chi connectivity index (χ0v) is 19.1. The normalized spacial score (nSPS) is 15.9. The quantitative estimate of drug-likeness (QED) is 0.314. The number of anilines is 1. The summed E-state index contributed by atoms with van der Waals surface area (Å²) in [7, 11) is 0. The van der Waals surface area contributed by atoms with Crippen LogP contribution in [0.2, 0.25) is 0 Å². The third-order valence-electron chi connectivity index (χ3n) is 4.44. The van der Waals surface area contributed by atoms with Gasteiger partial charge in [-0.2, -0.15) is 0 Å². The van der Waals surface area contributed by atoms with E-state index in [0.29, 0.717) is 25.7 Å². The zero-order valence-electron chi connectivity index (χ0n) is 16.7. The largest absolute Gasteiger partial charge is 0.494 e. The van der Waals surface area contributed by atoms with Gasteiger partial charge in [-0.25, -0.2) is 0 Å². The average molecular weight is 491 g/mol. The van der Waals surface area contributed by atoms with Crippen LogP contribution in [0.3, 0.4) is 0 Å². The van der Waals surface area contributed by atoms with Crippen molar-refractivity contribution < 1.29 is 9.47 Å². The highest BCUT2D eigenvalue weighted by Gasteiger charge is 2.14. The standard InChI is InChI=1S/C19H33N5O2.HI/c1-4-23-11-13-24(14-12-23)10-9-21-19(20)22-17-15-16(25-5-2)7-8-18(17)26-6-3;/h7-8,15H,4-6,9-14H2,1-3H3,(H3,20,21,22);1H. The molecule has 0 aromatic heterocycles. The van der Waals surface area contributed by atoms with E-state index in [4.69, 9.17) is 15.2 Å². The molecule has 0 amide bonds. The van der Waals surface area contributed by atoms with Crippen molar-refractivity contribution >= 4 is 35.6 Å². The van der Waals surface area contributed by atoms with Crippen LogP contribution in [0.5, 0.6) is 11.5 Å². The Morgan fingerprint density at radius 2 is 1.74 bits per heavy atom. The van der Waals surface area contributed by atoms with Crippen LogP contribution in [0.15, 0.2) is 23.2 Å². The number of hydrogen-bond acceptors (Lipinski definition) is 5. The number of halogens is 1. The summed E-state index contributed by atoms with van der Waals surface area (Å²) in [5, 5.41) is 3.14. The maximum atomic E-state index is 6.07. The van der Waals surface area contributed by atoms with Crippen LogP contribution >= 0.6 is 24.0 Å². The van der Waals surface area contributed by atoms with Gasteiger partial charge in [0.2, 0.25) is 0 Å². The van der Waals surface area contributed by atoms with Crippen molar-refractivity contribution in [2.75, 3.05) is 64.3 Å². The van der Waals surface area contributed by atoms with Gasteiger partial charge in [0.15, 0.2) is 5.96 Å². The number of hydrogen-bond donors (Lipinski definition) is 2. The first-order chi connectivity index (χ1) is 12.7. The molecule has 0 spiro atoms. The molecule has 1 aliphatic heterocycles. The Morgan fingerprint density at radius 1 is 1.07 bits per heavy atom. The number of nitrogens with one attached hydrogen (secondary N) is 1. The van der Waals surface area contributed by atoms with Crippen LogP contribution in [-0.4, -0.2) is 74.8 Å². The van der Waals surface area contributed by atoms with Crippen molar-refractivity contribution in [3.8, 4) is 11.5 Å². The monoisotopic (exact) mass is 491 g/mol. The van der Waals surface area contributed by atoms with Gasteiger partial charge in [-0.15, -0.1) is 24.0 Å². The number of likely N-dealkylation sites (N-methyl/N-ethyl adjacent to an activating group) is 1. The molecule has 0 bridgehead atoms. The van der Waals surface area contributed by atoms with Gasteiger partial charge in [-0.1, -0.05) is 6.92 Å². The molecule has 0 atom stereocenters. The molecule has 1 aromatic carbocycles. The number of aliphatic imine (C=N–C) groups is 1. The van der Waals surface area contributed by atoms with Crippen LogP contribution in [0.1, 0.15) is 20.8 Å². The smallest absolute Gasteiger partial charge is 0.193 e. The Labute approximate surface area is 180 Å². The minimum Gasteiger partial charge on any atom is -0.494 e. The third-order valence-corrected chi connectivity index (χ3v) is 4.44. The molecule has 0 saturated carbocycles. The molecule has 0 aliphatic carbocycles. The van der Waals surface area contributed by atoms with E-state index in [-0.39, 0.29) is 24.0 Å². The fourth-order valence-electron chi connectivity index (χ4n) is 2.96. The van der Waals surface area contributed by atoms with Crippen molar-refractivity contribution in [1.82, 2.24) is 9.80 Å². The molecule has 8 heteroatoms. The minimum atomic E-state index is 0. The summed E-state index contributed by atoms with van der Waals surface area (Å²) in [6.45, 7) is 14.5. The van der Waals surface area contributed by atoms with Gasteiger partial charge in [-0.05, 0) is 32.5 Å². The number of benzene rings is 1. The van der Waals surface area contributed by atoms with Gasteiger partial charge in [-0.3, -0.25) is 9.89 Å². The Balaban J connectivity index is 0.00000364. The number of guanidine groups is 1. The highest BCUT2D eigenvalue weighted by Crippen LogP contribution is 2.29. The van der Waals surface area contributed by atoms with Crippen LogP contribution in [0, 0.1) is 0 Å². The topological polar surface area (TPSA) is 75.3 Å². The molecule has 3 N–H and O–H groups in total. The molecular weight excluding hydrogens is 457 g/mol. The summed E-state index contributed by atoms with van der Waals surface area (Å²) in [4.78, 5) is 9.36. The van der Waals surface area contributed by atoms with E-state index >= 15 is 0 Å². The van der Waals surface area contributed by atoms with Crippen molar-refractivity contribution in [3.63, 3.8) is 0 Å². The van der Waals surface area contributed by atoms with Gasteiger partial charge in [0.25, 0.3) is 0 Å². The molecule has 1 aromatic rings. The number of nitrogens with two attached hydrogens (primary N) is 1. The molecule has 27 heavy (non-hydrogen) atoms. The fraction of sp³-hybridized carbons (Fsp3) is 0.632. The van der Waals surface area contributed by atoms with Crippen molar-refractivity contribution in [3.05, 3.63) is 18.2 Å². The second-order valence-corrected chi connectivity index (χ2v) is 6.19. The summed E-state index contributed by atoms with van der Waals surface area (Å²) in [5.74, 6) is 1.91. The van der Waals surface area contributed by atoms with E-state index in [1.54, 1.807) is 0 Å². The first-order valence-corrected chi connectivity index (χ1v) is 9.57. The van der Waals surface area contributed by atoms with Gasteiger partial charge in [0.05, 0.1) is 25.4 Å². The number of ether oxygens (including phenoxy) is 2. The maximum Gasteiger partial charge on any atom is 0.193 e. The van der Waals surface area contributed by atoms with Gasteiger partial charge in [0, 0.05) is 38.8 Å². The lowest BCUT2D eigenvalue weighted by molar-refractivity contribution is 0.140. The van der Waals surface area contributed by atoms with Gasteiger partial charge >= 0.3 is 0 Å². The Bertz CT molecular complexity index is 577. The second-order valence-electron chi connectivity index (χ2n) is 6.19. The lowest BCUT2D eigenvalue weighted by Crippen LogP contribution is -2.46. The average Bonchev–Trinajstić information content (AvgIpc) is 2.65. The van der Waals surface area contributed by atoms with Crippen molar-refractivity contribution in [1.29, 1.82) is 0 Å². The lowest BCUT2D eigenvalue weighted by atomic mass is 10.2. The number of piperazine rings is 1. The first kappa shape index (κ1) is 23.8. The molecule has 154 valence electrons. The summed E-state index contributed by atoms with van der Waals surface area (Å²) in [6.07, 6.45) is 0. The SMILES string of the molecule is CCOc1ccc(OCC)c(NC(N)=NCCN2CCN(CC)CC2)c1.I. The first-order valence-electron chi connectivity index (χ1n) is 9.57. The predicted octanol–water partition coefficient (Wildman–Crippen LogP) is 2.47. The molecule has 1 heterocycles. The Morgan fingerprint density at radius 3 is 2.37 bits per heavy atom. The van der Waals surface area contributed by atoms with Crippen molar-refractivity contribution in [2.45, 2.75) is 20.8 Å². The van der Waals surface area contributed by atoms with E-state index in [9.17, 15) is 0 Å². The fourth-order valence-corrected chi connectivity index (χ4v) is 2.96. The minimum absolute atomic E-state index is 0. The summed E-state index contributed by atoms with van der Waals surface area (Å²) >= 11 is 0. The maximum absolute atomic E-state index is 6.07. The highest BCUT2D eigenvalue weighted by atomic mass is 127. The van der Waals surface area contributed by atoms with Gasteiger partial charge in [0.1, 0.15) is 11.5 Å². The van der Waals surface area contributed by atoms with E-state index in [2.05, 4.69) is 27.0 Å². The Kier molecular flexibility index (Phi) is 11.5. The molecule has 2 rings (SSSR count). The predicted molar refractivity (Wildman–Crippen MR) is 123 cm³/mol. The lowest BCUT2D eigenvalue weighted by Gasteiger charge is -2.33. The molecule has 1 aliphatic rings.